The first-order chi connectivity index (χ1) is 9.13. The molecule has 1 aliphatic heterocycles. The Hall–Kier alpha value is -0.610. The fourth-order valence-corrected chi connectivity index (χ4v) is 3.35. The van der Waals surface area contributed by atoms with Gasteiger partial charge in [-0.15, -0.1) is 0 Å². The van der Waals surface area contributed by atoms with Gasteiger partial charge in [0.15, 0.2) is 0 Å². The number of carbonyl (C=O) groups excluding carboxylic acids is 1. The molecule has 0 radical (unpaired) electrons. The van der Waals surface area contributed by atoms with Crippen LogP contribution in [-0.2, 0) is 9.53 Å². The summed E-state index contributed by atoms with van der Waals surface area (Å²) < 4.78 is 5.46. The molecule has 110 valence electrons. The van der Waals surface area contributed by atoms with Crippen molar-refractivity contribution in [3.05, 3.63) is 0 Å². The molecule has 5 unspecified atom stereocenters. The Morgan fingerprint density at radius 3 is 2.74 bits per heavy atom. The van der Waals surface area contributed by atoms with Gasteiger partial charge >= 0.3 is 0 Å². The van der Waals surface area contributed by atoms with Gasteiger partial charge in [0.2, 0.25) is 5.91 Å². The summed E-state index contributed by atoms with van der Waals surface area (Å²) in [5.41, 5.74) is 0. The van der Waals surface area contributed by atoms with Crippen molar-refractivity contribution in [2.45, 2.75) is 52.1 Å². The average molecular weight is 268 g/mol. The third kappa shape index (κ3) is 3.48. The number of amides is 1. The molecule has 0 bridgehead atoms. The van der Waals surface area contributed by atoms with Crippen LogP contribution in [0.1, 0.15) is 40.0 Å². The summed E-state index contributed by atoms with van der Waals surface area (Å²) in [6.45, 7) is 8.72. The van der Waals surface area contributed by atoms with Gasteiger partial charge in [0, 0.05) is 12.1 Å². The fourth-order valence-electron chi connectivity index (χ4n) is 3.35. The van der Waals surface area contributed by atoms with Gasteiger partial charge in [-0.1, -0.05) is 33.6 Å². The second-order valence-electron chi connectivity index (χ2n) is 6.19. The van der Waals surface area contributed by atoms with Crippen molar-refractivity contribution in [3.8, 4) is 0 Å². The van der Waals surface area contributed by atoms with E-state index in [4.69, 9.17) is 4.74 Å². The molecule has 1 aliphatic carbocycles. The third-order valence-electron chi connectivity index (χ3n) is 4.92. The Labute approximate surface area is 116 Å². The number of ether oxygens (including phenoxy) is 1. The summed E-state index contributed by atoms with van der Waals surface area (Å²) in [5, 5.41) is 6.62. The molecule has 5 atom stereocenters. The van der Waals surface area contributed by atoms with Crippen molar-refractivity contribution in [1.82, 2.24) is 10.6 Å². The van der Waals surface area contributed by atoms with Crippen LogP contribution in [0.3, 0.4) is 0 Å². The Kier molecular flexibility index (Phi) is 5.22. The van der Waals surface area contributed by atoms with E-state index < -0.39 is 0 Å². The Balaban J connectivity index is 1.89. The third-order valence-corrected chi connectivity index (χ3v) is 4.92. The highest BCUT2D eigenvalue weighted by atomic mass is 16.5. The number of rotatable bonds is 4. The summed E-state index contributed by atoms with van der Waals surface area (Å²) in [5.74, 6) is 1.44. The zero-order valence-electron chi connectivity index (χ0n) is 12.4. The van der Waals surface area contributed by atoms with E-state index in [9.17, 15) is 4.79 Å². The van der Waals surface area contributed by atoms with Crippen LogP contribution in [0.2, 0.25) is 0 Å². The van der Waals surface area contributed by atoms with E-state index in [-0.39, 0.29) is 17.9 Å². The van der Waals surface area contributed by atoms with E-state index in [2.05, 4.69) is 31.4 Å². The lowest BCUT2D eigenvalue weighted by Gasteiger charge is -2.35. The van der Waals surface area contributed by atoms with Crippen LogP contribution < -0.4 is 10.6 Å². The molecule has 0 aromatic heterocycles. The summed E-state index contributed by atoms with van der Waals surface area (Å²) in [6.07, 6.45) is 3.64. The predicted molar refractivity (Wildman–Crippen MR) is 75.9 cm³/mol. The van der Waals surface area contributed by atoms with E-state index in [1.54, 1.807) is 0 Å². The van der Waals surface area contributed by atoms with Crippen molar-refractivity contribution in [3.63, 3.8) is 0 Å². The van der Waals surface area contributed by atoms with Crippen LogP contribution in [0.5, 0.6) is 0 Å². The standard InChI is InChI=1S/C15H28N2O2/c1-4-16-14-9-19-8-12(14)15(18)17-13-7-5-6-10(2)11(13)3/h10-14,16H,4-9H2,1-3H3,(H,17,18). The molecule has 0 aromatic rings. The summed E-state index contributed by atoms with van der Waals surface area (Å²) >= 11 is 0. The molecular formula is C15H28N2O2. The van der Waals surface area contributed by atoms with Crippen molar-refractivity contribution in [2.24, 2.45) is 17.8 Å². The molecule has 4 heteroatoms. The SMILES string of the molecule is CCNC1COCC1C(=O)NC1CCCC(C)C1C. The van der Waals surface area contributed by atoms with E-state index in [1.165, 1.54) is 12.8 Å². The van der Waals surface area contributed by atoms with Crippen LogP contribution in [0.4, 0.5) is 0 Å². The van der Waals surface area contributed by atoms with Gasteiger partial charge in [-0.2, -0.15) is 0 Å². The number of likely N-dealkylation sites (N-methyl/N-ethyl adjacent to an activating group) is 1. The molecule has 2 fully saturated rings. The summed E-state index contributed by atoms with van der Waals surface area (Å²) in [4.78, 5) is 12.4. The van der Waals surface area contributed by atoms with Crippen LogP contribution in [0, 0.1) is 17.8 Å². The monoisotopic (exact) mass is 268 g/mol. The topological polar surface area (TPSA) is 50.4 Å². The van der Waals surface area contributed by atoms with E-state index in [1.807, 2.05) is 0 Å². The minimum absolute atomic E-state index is 0.0237. The number of carbonyl (C=O) groups is 1. The Morgan fingerprint density at radius 1 is 1.21 bits per heavy atom. The first-order valence-corrected chi connectivity index (χ1v) is 7.75. The lowest BCUT2D eigenvalue weighted by atomic mass is 9.78. The normalized spacial score (nSPS) is 39.2. The molecule has 2 aliphatic rings. The van der Waals surface area contributed by atoms with Gasteiger partial charge in [-0.25, -0.2) is 0 Å². The quantitative estimate of drug-likeness (QED) is 0.813. The molecule has 4 nitrogen and oxygen atoms in total. The smallest absolute Gasteiger partial charge is 0.227 e. The zero-order valence-corrected chi connectivity index (χ0v) is 12.4. The second-order valence-corrected chi connectivity index (χ2v) is 6.19. The van der Waals surface area contributed by atoms with Gasteiger partial charge in [0.25, 0.3) is 0 Å². The maximum Gasteiger partial charge on any atom is 0.227 e. The zero-order chi connectivity index (χ0) is 13.8. The molecular weight excluding hydrogens is 240 g/mol. The second kappa shape index (κ2) is 6.71. The first kappa shape index (κ1) is 14.8. The van der Waals surface area contributed by atoms with Crippen molar-refractivity contribution < 1.29 is 9.53 Å². The van der Waals surface area contributed by atoms with Gasteiger partial charge in [-0.3, -0.25) is 4.79 Å². The van der Waals surface area contributed by atoms with Crippen molar-refractivity contribution in [1.29, 1.82) is 0 Å². The molecule has 2 rings (SSSR count). The molecule has 19 heavy (non-hydrogen) atoms. The maximum absolute atomic E-state index is 12.4. The van der Waals surface area contributed by atoms with E-state index in [0.717, 1.165) is 13.0 Å². The highest BCUT2D eigenvalue weighted by molar-refractivity contribution is 5.80. The van der Waals surface area contributed by atoms with E-state index in [0.29, 0.717) is 31.1 Å². The first-order valence-electron chi connectivity index (χ1n) is 7.75. The molecule has 1 heterocycles. The molecule has 2 N–H and O–H groups in total. The minimum atomic E-state index is -0.0237. The van der Waals surface area contributed by atoms with Crippen molar-refractivity contribution >= 4 is 5.91 Å². The van der Waals surface area contributed by atoms with Gasteiger partial charge in [0.05, 0.1) is 19.1 Å². The highest BCUT2D eigenvalue weighted by Crippen LogP contribution is 2.30. The van der Waals surface area contributed by atoms with Gasteiger partial charge < -0.3 is 15.4 Å². The van der Waals surface area contributed by atoms with Crippen molar-refractivity contribution in [2.75, 3.05) is 19.8 Å². The van der Waals surface area contributed by atoms with Gasteiger partial charge in [-0.05, 0) is 24.8 Å². The highest BCUT2D eigenvalue weighted by Gasteiger charge is 2.36. The molecule has 1 saturated heterocycles. The fraction of sp³-hybridized carbons (Fsp3) is 0.933. The molecule has 0 aromatic carbocycles. The van der Waals surface area contributed by atoms with Crippen LogP contribution >= 0.6 is 0 Å². The number of hydrogen-bond acceptors (Lipinski definition) is 3. The molecule has 0 spiro atoms. The average Bonchev–Trinajstić information content (AvgIpc) is 2.84. The van der Waals surface area contributed by atoms with E-state index >= 15 is 0 Å². The predicted octanol–water partition coefficient (Wildman–Crippen LogP) is 1.55. The molecule has 1 saturated carbocycles. The lowest BCUT2D eigenvalue weighted by Crippen LogP contribution is -2.50. The van der Waals surface area contributed by atoms with Crippen LogP contribution in [0.25, 0.3) is 0 Å². The van der Waals surface area contributed by atoms with Crippen LogP contribution in [0.15, 0.2) is 0 Å². The Morgan fingerprint density at radius 2 is 2.00 bits per heavy atom. The lowest BCUT2D eigenvalue weighted by molar-refractivity contribution is -0.126. The number of nitrogens with one attached hydrogen (secondary N) is 2. The van der Waals surface area contributed by atoms with Gasteiger partial charge in [0.1, 0.15) is 0 Å². The minimum Gasteiger partial charge on any atom is -0.379 e. The number of hydrogen-bond donors (Lipinski definition) is 2. The molecule has 1 amide bonds. The Bertz CT molecular complexity index is 309. The summed E-state index contributed by atoms with van der Waals surface area (Å²) in [6, 6.07) is 0.528. The van der Waals surface area contributed by atoms with Crippen LogP contribution in [-0.4, -0.2) is 37.7 Å². The largest absolute Gasteiger partial charge is 0.379 e. The maximum atomic E-state index is 12.4. The summed E-state index contributed by atoms with van der Waals surface area (Å²) in [7, 11) is 0.